The third-order valence-corrected chi connectivity index (χ3v) is 4.61. The lowest BCUT2D eigenvalue weighted by molar-refractivity contribution is 0.163. The maximum atomic E-state index is 5.41. The molecule has 0 radical (unpaired) electrons. The second-order valence-electron chi connectivity index (χ2n) is 5.80. The number of methoxy groups -OCH3 is 1. The van der Waals surface area contributed by atoms with Crippen LogP contribution in [-0.2, 0) is 6.42 Å². The Morgan fingerprint density at radius 2 is 2.21 bits per heavy atom. The molecule has 2 aliphatic heterocycles. The fraction of sp³-hybridized carbons (Fsp3) is 0.625. The number of piperidine rings is 1. The zero-order valence-corrected chi connectivity index (χ0v) is 12.0. The summed E-state index contributed by atoms with van der Waals surface area (Å²) in [5.74, 6) is 0.981. The second kappa shape index (κ2) is 5.51. The predicted octanol–water partition coefficient (Wildman–Crippen LogP) is 2.37. The number of fused-ring (bicyclic) bond motifs is 1. The summed E-state index contributed by atoms with van der Waals surface area (Å²) in [4.78, 5) is 2.50. The highest BCUT2D eigenvalue weighted by Crippen LogP contribution is 2.35. The Kier molecular flexibility index (Phi) is 3.76. The molecular weight excluding hydrogens is 236 g/mol. The molecule has 1 N–H and O–H groups in total. The molecule has 3 rings (SSSR count). The standard InChI is InChI=1S/C16H24N2O/c1-18-10-8-12-6-7-13(19-2)11-14(12)16(18)15-5-3-4-9-17-15/h6-7,11,15-17H,3-5,8-10H2,1-2H3. The topological polar surface area (TPSA) is 24.5 Å². The van der Waals surface area contributed by atoms with Gasteiger partial charge in [0.2, 0.25) is 0 Å². The molecule has 1 saturated heterocycles. The highest BCUT2D eigenvalue weighted by Gasteiger charge is 2.32. The Morgan fingerprint density at radius 3 is 2.95 bits per heavy atom. The summed E-state index contributed by atoms with van der Waals surface area (Å²) in [5.41, 5.74) is 2.96. The molecule has 2 aliphatic rings. The van der Waals surface area contributed by atoms with Crippen molar-refractivity contribution in [3.63, 3.8) is 0 Å². The SMILES string of the molecule is COc1ccc2c(c1)C(C1CCCCN1)N(C)CC2. The van der Waals surface area contributed by atoms with E-state index in [1.807, 2.05) is 0 Å². The fourth-order valence-corrected chi connectivity index (χ4v) is 3.55. The molecule has 2 atom stereocenters. The Morgan fingerprint density at radius 1 is 1.32 bits per heavy atom. The lowest BCUT2D eigenvalue weighted by Crippen LogP contribution is -2.47. The van der Waals surface area contributed by atoms with E-state index in [2.05, 4.69) is 35.5 Å². The third kappa shape index (κ3) is 2.49. The third-order valence-electron chi connectivity index (χ3n) is 4.61. The molecule has 0 spiro atoms. The van der Waals surface area contributed by atoms with Crippen molar-refractivity contribution in [1.29, 1.82) is 0 Å². The van der Waals surface area contributed by atoms with Crippen LogP contribution in [0.1, 0.15) is 36.4 Å². The maximum Gasteiger partial charge on any atom is 0.119 e. The van der Waals surface area contributed by atoms with Gasteiger partial charge < -0.3 is 10.1 Å². The molecule has 2 heterocycles. The van der Waals surface area contributed by atoms with Gasteiger partial charge in [-0.25, -0.2) is 0 Å². The first-order valence-corrected chi connectivity index (χ1v) is 7.40. The van der Waals surface area contributed by atoms with Crippen LogP contribution >= 0.6 is 0 Å². The second-order valence-corrected chi connectivity index (χ2v) is 5.80. The zero-order chi connectivity index (χ0) is 13.2. The van der Waals surface area contributed by atoms with Crippen LogP contribution in [0.3, 0.4) is 0 Å². The molecule has 1 aromatic rings. The number of hydrogen-bond donors (Lipinski definition) is 1. The molecule has 104 valence electrons. The van der Waals surface area contributed by atoms with Crippen molar-refractivity contribution >= 4 is 0 Å². The summed E-state index contributed by atoms with van der Waals surface area (Å²) in [7, 11) is 4.01. The summed E-state index contributed by atoms with van der Waals surface area (Å²) < 4.78 is 5.41. The molecule has 0 aromatic heterocycles. The van der Waals surface area contributed by atoms with Crippen LogP contribution in [0, 0.1) is 0 Å². The molecule has 0 saturated carbocycles. The van der Waals surface area contributed by atoms with Crippen LogP contribution in [-0.4, -0.2) is 38.2 Å². The minimum atomic E-state index is 0.499. The van der Waals surface area contributed by atoms with Crippen LogP contribution in [0.2, 0.25) is 0 Å². The number of nitrogens with one attached hydrogen (secondary N) is 1. The Labute approximate surface area is 115 Å². The van der Waals surface area contributed by atoms with Gasteiger partial charge in [-0.15, -0.1) is 0 Å². The van der Waals surface area contributed by atoms with E-state index in [0.717, 1.165) is 25.3 Å². The maximum absolute atomic E-state index is 5.41. The van der Waals surface area contributed by atoms with Gasteiger partial charge in [-0.1, -0.05) is 12.5 Å². The van der Waals surface area contributed by atoms with Gasteiger partial charge in [0.1, 0.15) is 5.75 Å². The highest BCUT2D eigenvalue weighted by atomic mass is 16.5. The lowest BCUT2D eigenvalue weighted by atomic mass is 9.85. The zero-order valence-electron chi connectivity index (χ0n) is 12.0. The summed E-state index contributed by atoms with van der Waals surface area (Å²) in [5, 5.41) is 3.72. The Hall–Kier alpha value is -1.06. The molecule has 3 nitrogen and oxygen atoms in total. The van der Waals surface area contributed by atoms with Gasteiger partial charge in [0.05, 0.1) is 13.2 Å². The molecule has 19 heavy (non-hydrogen) atoms. The molecule has 1 aromatic carbocycles. The van der Waals surface area contributed by atoms with Crippen LogP contribution < -0.4 is 10.1 Å². The van der Waals surface area contributed by atoms with Crippen molar-refractivity contribution in [1.82, 2.24) is 10.2 Å². The molecule has 3 heteroatoms. The highest BCUT2D eigenvalue weighted by molar-refractivity contribution is 5.40. The van der Waals surface area contributed by atoms with E-state index in [1.54, 1.807) is 7.11 Å². The summed E-state index contributed by atoms with van der Waals surface area (Å²) in [6.07, 6.45) is 5.10. The van der Waals surface area contributed by atoms with E-state index in [-0.39, 0.29) is 0 Å². The van der Waals surface area contributed by atoms with E-state index in [0.29, 0.717) is 12.1 Å². The summed E-state index contributed by atoms with van der Waals surface area (Å²) >= 11 is 0. The largest absolute Gasteiger partial charge is 0.497 e. The molecule has 0 aliphatic carbocycles. The molecule has 1 fully saturated rings. The molecule has 0 bridgehead atoms. The van der Waals surface area contributed by atoms with Crippen molar-refractivity contribution in [2.24, 2.45) is 0 Å². The van der Waals surface area contributed by atoms with Gasteiger partial charge in [0.15, 0.2) is 0 Å². The first kappa shape index (κ1) is 12.9. The van der Waals surface area contributed by atoms with Gasteiger partial charge in [-0.2, -0.15) is 0 Å². The van der Waals surface area contributed by atoms with Crippen LogP contribution in [0.15, 0.2) is 18.2 Å². The van der Waals surface area contributed by atoms with Crippen molar-refractivity contribution in [3.05, 3.63) is 29.3 Å². The van der Waals surface area contributed by atoms with Crippen LogP contribution in [0.4, 0.5) is 0 Å². The Bertz CT molecular complexity index is 440. The minimum Gasteiger partial charge on any atom is -0.497 e. The molecule has 0 amide bonds. The van der Waals surface area contributed by atoms with Crippen molar-refractivity contribution in [2.45, 2.75) is 37.8 Å². The van der Waals surface area contributed by atoms with E-state index >= 15 is 0 Å². The molecular formula is C16H24N2O. The van der Waals surface area contributed by atoms with Crippen molar-refractivity contribution in [2.75, 3.05) is 27.2 Å². The normalized spacial score (nSPS) is 27.9. The average molecular weight is 260 g/mol. The number of benzene rings is 1. The number of rotatable bonds is 2. The minimum absolute atomic E-state index is 0.499. The lowest BCUT2D eigenvalue weighted by Gasteiger charge is -2.41. The average Bonchev–Trinajstić information content (AvgIpc) is 2.47. The summed E-state index contributed by atoms with van der Waals surface area (Å²) in [6.45, 7) is 2.32. The first-order valence-electron chi connectivity index (χ1n) is 7.40. The van der Waals surface area contributed by atoms with Crippen molar-refractivity contribution in [3.8, 4) is 5.75 Å². The number of nitrogens with zero attached hydrogens (tertiary/aromatic N) is 1. The van der Waals surface area contributed by atoms with Crippen LogP contribution in [0.25, 0.3) is 0 Å². The van der Waals surface area contributed by atoms with Crippen molar-refractivity contribution < 1.29 is 4.74 Å². The Balaban J connectivity index is 1.94. The van der Waals surface area contributed by atoms with Gasteiger partial charge >= 0.3 is 0 Å². The summed E-state index contributed by atoms with van der Waals surface area (Å²) in [6, 6.07) is 7.67. The van der Waals surface area contributed by atoms with Gasteiger partial charge in [-0.05, 0) is 56.1 Å². The fourth-order valence-electron chi connectivity index (χ4n) is 3.55. The van der Waals surface area contributed by atoms with Gasteiger partial charge in [-0.3, -0.25) is 4.90 Å². The van der Waals surface area contributed by atoms with Gasteiger partial charge in [0, 0.05) is 12.6 Å². The monoisotopic (exact) mass is 260 g/mol. The number of ether oxygens (including phenoxy) is 1. The number of likely N-dealkylation sites (N-methyl/N-ethyl adjacent to an activating group) is 1. The van der Waals surface area contributed by atoms with Crippen LogP contribution in [0.5, 0.6) is 5.75 Å². The quantitative estimate of drug-likeness (QED) is 0.883. The van der Waals surface area contributed by atoms with Gasteiger partial charge in [0.25, 0.3) is 0 Å². The predicted molar refractivity (Wildman–Crippen MR) is 77.7 cm³/mol. The van der Waals surface area contributed by atoms with E-state index in [4.69, 9.17) is 4.74 Å². The van der Waals surface area contributed by atoms with E-state index in [9.17, 15) is 0 Å². The molecule has 2 unspecified atom stereocenters. The smallest absolute Gasteiger partial charge is 0.119 e. The number of hydrogen-bond acceptors (Lipinski definition) is 3. The first-order chi connectivity index (χ1) is 9.29. The van der Waals surface area contributed by atoms with E-state index < -0.39 is 0 Å². The van der Waals surface area contributed by atoms with E-state index in [1.165, 1.54) is 30.4 Å².